The Kier molecular flexibility index (Phi) is 4.94. The molecule has 1 saturated carbocycles. The number of benzene rings is 2. The second kappa shape index (κ2) is 7.14. The van der Waals surface area contributed by atoms with Crippen LogP contribution in [0.15, 0.2) is 53.4 Å². The van der Waals surface area contributed by atoms with Crippen molar-refractivity contribution >= 4 is 21.6 Å². The van der Waals surface area contributed by atoms with E-state index in [0.29, 0.717) is 23.9 Å². The second-order valence-electron chi connectivity index (χ2n) is 6.00. The first-order chi connectivity index (χ1) is 12.0. The molecule has 0 radical (unpaired) electrons. The van der Waals surface area contributed by atoms with Crippen molar-refractivity contribution < 1.29 is 17.9 Å². The average molecular weight is 360 g/mol. The normalized spacial score (nSPS) is 14.0. The summed E-state index contributed by atoms with van der Waals surface area (Å²) in [5, 5.41) is 2.93. The molecular weight excluding hydrogens is 340 g/mol. The highest BCUT2D eigenvalue weighted by atomic mass is 32.2. The molecule has 1 aliphatic rings. The van der Waals surface area contributed by atoms with Gasteiger partial charge in [-0.15, -0.1) is 0 Å². The number of anilines is 1. The SMILES string of the molecule is COc1cccc(S(=O)(=O)Nc2ccc(CC(=O)NC3CC3)cc2)c1. The van der Waals surface area contributed by atoms with Gasteiger partial charge in [0.25, 0.3) is 10.0 Å². The Balaban J connectivity index is 1.66. The van der Waals surface area contributed by atoms with E-state index in [0.717, 1.165) is 18.4 Å². The fourth-order valence-electron chi connectivity index (χ4n) is 2.36. The number of sulfonamides is 1. The van der Waals surface area contributed by atoms with E-state index >= 15 is 0 Å². The minimum Gasteiger partial charge on any atom is -0.497 e. The Hall–Kier alpha value is -2.54. The van der Waals surface area contributed by atoms with Gasteiger partial charge in [-0.25, -0.2) is 8.42 Å². The van der Waals surface area contributed by atoms with E-state index < -0.39 is 10.0 Å². The molecule has 0 spiro atoms. The highest BCUT2D eigenvalue weighted by molar-refractivity contribution is 7.92. The van der Waals surface area contributed by atoms with Crippen LogP contribution in [0.1, 0.15) is 18.4 Å². The number of rotatable bonds is 7. The number of hydrogen-bond acceptors (Lipinski definition) is 4. The van der Waals surface area contributed by atoms with Crippen LogP contribution in [-0.4, -0.2) is 27.5 Å². The van der Waals surface area contributed by atoms with E-state index in [-0.39, 0.29) is 10.8 Å². The van der Waals surface area contributed by atoms with Gasteiger partial charge >= 0.3 is 0 Å². The van der Waals surface area contributed by atoms with Crippen molar-refractivity contribution in [1.82, 2.24) is 5.32 Å². The van der Waals surface area contributed by atoms with Crippen molar-refractivity contribution in [1.29, 1.82) is 0 Å². The van der Waals surface area contributed by atoms with Crippen molar-refractivity contribution in [2.24, 2.45) is 0 Å². The maximum absolute atomic E-state index is 12.4. The summed E-state index contributed by atoms with van der Waals surface area (Å²) >= 11 is 0. The van der Waals surface area contributed by atoms with Crippen LogP contribution in [0, 0.1) is 0 Å². The van der Waals surface area contributed by atoms with E-state index in [1.165, 1.54) is 19.2 Å². The topological polar surface area (TPSA) is 84.5 Å². The van der Waals surface area contributed by atoms with Crippen LogP contribution < -0.4 is 14.8 Å². The van der Waals surface area contributed by atoms with Crippen LogP contribution in [0.3, 0.4) is 0 Å². The van der Waals surface area contributed by atoms with Gasteiger partial charge in [0.15, 0.2) is 0 Å². The Bertz CT molecular complexity index is 859. The second-order valence-corrected chi connectivity index (χ2v) is 7.68. The van der Waals surface area contributed by atoms with Gasteiger partial charge in [0.1, 0.15) is 5.75 Å². The number of nitrogens with one attached hydrogen (secondary N) is 2. The molecule has 0 bridgehead atoms. The summed E-state index contributed by atoms with van der Waals surface area (Å²) in [4.78, 5) is 11.9. The minimum atomic E-state index is -3.70. The molecule has 0 aromatic heterocycles. The van der Waals surface area contributed by atoms with Gasteiger partial charge in [-0.3, -0.25) is 9.52 Å². The first-order valence-electron chi connectivity index (χ1n) is 8.01. The molecule has 1 amide bonds. The lowest BCUT2D eigenvalue weighted by Crippen LogP contribution is -2.26. The molecule has 2 N–H and O–H groups in total. The molecule has 0 heterocycles. The minimum absolute atomic E-state index is 0.00721. The molecule has 0 unspecified atom stereocenters. The number of hydrogen-bond donors (Lipinski definition) is 2. The van der Waals surface area contributed by atoms with Crippen LogP contribution in [-0.2, 0) is 21.2 Å². The van der Waals surface area contributed by atoms with Gasteiger partial charge in [-0.05, 0) is 42.7 Å². The number of carbonyl (C=O) groups excluding carboxylic acids is 1. The molecule has 3 rings (SSSR count). The molecule has 0 atom stereocenters. The lowest BCUT2D eigenvalue weighted by Gasteiger charge is -2.10. The van der Waals surface area contributed by atoms with E-state index in [1.807, 2.05) is 0 Å². The Morgan fingerprint density at radius 2 is 1.88 bits per heavy atom. The number of carbonyl (C=O) groups is 1. The Labute approximate surface area is 147 Å². The van der Waals surface area contributed by atoms with Gasteiger partial charge in [0, 0.05) is 17.8 Å². The van der Waals surface area contributed by atoms with Crippen molar-refractivity contribution in [3.8, 4) is 5.75 Å². The lowest BCUT2D eigenvalue weighted by atomic mass is 10.1. The fourth-order valence-corrected chi connectivity index (χ4v) is 3.46. The maximum atomic E-state index is 12.4. The third kappa shape index (κ3) is 4.73. The molecule has 0 saturated heterocycles. The molecule has 0 aliphatic heterocycles. The highest BCUT2D eigenvalue weighted by Crippen LogP contribution is 2.21. The summed E-state index contributed by atoms with van der Waals surface area (Å²) in [6.45, 7) is 0. The molecule has 2 aromatic rings. The zero-order valence-electron chi connectivity index (χ0n) is 13.9. The summed E-state index contributed by atoms with van der Waals surface area (Å²) in [6, 6.07) is 13.4. The van der Waals surface area contributed by atoms with Gasteiger partial charge < -0.3 is 10.1 Å². The number of methoxy groups -OCH3 is 1. The molecule has 25 heavy (non-hydrogen) atoms. The van der Waals surface area contributed by atoms with E-state index in [1.54, 1.807) is 36.4 Å². The number of ether oxygens (including phenoxy) is 1. The first-order valence-corrected chi connectivity index (χ1v) is 9.50. The molecule has 132 valence electrons. The van der Waals surface area contributed by atoms with Gasteiger partial charge in [0.05, 0.1) is 18.4 Å². The maximum Gasteiger partial charge on any atom is 0.262 e. The average Bonchev–Trinajstić information content (AvgIpc) is 3.40. The zero-order chi connectivity index (χ0) is 17.9. The highest BCUT2D eigenvalue weighted by Gasteiger charge is 2.23. The van der Waals surface area contributed by atoms with Crippen molar-refractivity contribution in [3.63, 3.8) is 0 Å². The van der Waals surface area contributed by atoms with Gasteiger partial charge in [0.2, 0.25) is 5.91 Å². The van der Waals surface area contributed by atoms with Crippen LogP contribution in [0.25, 0.3) is 0 Å². The van der Waals surface area contributed by atoms with Gasteiger partial charge in [-0.1, -0.05) is 18.2 Å². The molecule has 6 nitrogen and oxygen atoms in total. The smallest absolute Gasteiger partial charge is 0.262 e. The quantitative estimate of drug-likeness (QED) is 0.794. The molecule has 1 aliphatic carbocycles. The molecule has 1 fully saturated rings. The van der Waals surface area contributed by atoms with Crippen LogP contribution >= 0.6 is 0 Å². The zero-order valence-corrected chi connectivity index (χ0v) is 14.7. The van der Waals surface area contributed by atoms with Crippen molar-refractivity contribution in [2.45, 2.75) is 30.2 Å². The monoisotopic (exact) mass is 360 g/mol. The molecule has 7 heteroatoms. The summed E-state index contributed by atoms with van der Waals surface area (Å²) in [5.74, 6) is 0.465. The third-order valence-electron chi connectivity index (χ3n) is 3.86. The predicted octanol–water partition coefficient (Wildman–Crippen LogP) is 2.32. The fraction of sp³-hybridized carbons (Fsp3) is 0.278. The van der Waals surface area contributed by atoms with Gasteiger partial charge in [-0.2, -0.15) is 0 Å². The van der Waals surface area contributed by atoms with E-state index in [4.69, 9.17) is 4.74 Å². The van der Waals surface area contributed by atoms with Crippen LogP contribution in [0.2, 0.25) is 0 Å². The molecular formula is C18H20N2O4S. The third-order valence-corrected chi connectivity index (χ3v) is 5.24. The lowest BCUT2D eigenvalue weighted by molar-refractivity contribution is -0.120. The van der Waals surface area contributed by atoms with Crippen molar-refractivity contribution in [3.05, 3.63) is 54.1 Å². The van der Waals surface area contributed by atoms with E-state index in [9.17, 15) is 13.2 Å². The summed E-state index contributed by atoms with van der Waals surface area (Å²) < 4.78 is 32.4. The Morgan fingerprint density at radius 1 is 1.16 bits per heavy atom. The molecule has 2 aromatic carbocycles. The largest absolute Gasteiger partial charge is 0.497 e. The Morgan fingerprint density at radius 3 is 2.52 bits per heavy atom. The summed E-state index contributed by atoms with van der Waals surface area (Å²) in [7, 11) is -2.22. The van der Waals surface area contributed by atoms with E-state index in [2.05, 4.69) is 10.0 Å². The summed E-state index contributed by atoms with van der Waals surface area (Å²) in [5.41, 5.74) is 1.27. The van der Waals surface area contributed by atoms with Crippen LogP contribution in [0.5, 0.6) is 5.75 Å². The standard InChI is InChI=1S/C18H20N2O4S/c1-24-16-3-2-4-17(12-16)25(22,23)20-15-7-5-13(6-8-15)11-18(21)19-14-9-10-14/h2-8,12,14,20H,9-11H2,1H3,(H,19,21). The van der Waals surface area contributed by atoms with Crippen LogP contribution in [0.4, 0.5) is 5.69 Å². The number of amides is 1. The van der Waals surface area contributed by atoms with Crippen molar-refractivity contribution in [2.75, 3.05) is 11.8 Å². The first kappa shape index (κ1) is 17.3. The predicted molar refractivity (Wildman–Crippen MR) is 95.1 cm³/mol. The summed E-state index contributed by atoms with van der Waals surface area (Å²) in [6.07, 6.45) is 2.40.